The predicted octanol–water partition coefficient (Wildman–Crippen LogP) is 5.13. The third-order valence-electron chi connectivity index (χ3n) is 5.24. The largest absolute Gasteiger partial charge is 0.506 e. The van der Waals surface area contributed by atoms with Gasteiger partial charge in [0.15, 0.2) is 0 Å². The first kappa shape index (κ1) is 21.5. The van der Waals surface area contributed by atoms with E-state index in [4.69, 9.17) is 16.3 Å². The summed E-state index contributed by atoms with van der Waals surface area (Å²) in [6.07, 6.45) is 3.66. The summed E-state index contributed by atoms with van der Waals surface area (Å²) in [5, 5.41) is 14.7. The lowest BCUT2D eigenvalue weighted by molar-refractivity contribution is 0.0955. The van der Waals surface area contributed by atoms with Crippen LogP contribution < -0.4 is 10.2 Å². The van der Waals surface area contributed by atoms with Crippen molar-refractivity contribution in [2.24, 2.45) is 5.10 Å². The molecule has 1 aromatic heterocycles. The predicted molar refractivity (Wildman–Crippen MR) is 127 cm³/mol. The molecule has 3 aromatic carbocycles. The first-order chi connectivity index (χ1) is 15.5. The van der Waals surface area contributed by atoms with E-state index in [1.54, 1.807) is 13.3 Å². The van der Waals surface area contributed by atoms with Crippen molar-refractivity contribution in [3.63, 3.8) is 0 Å². The number of nitrogens with one attached hydrogen (secondary N) is 1. The number of phenols is 1. The molecule has 1 amide bonds. The smallest absolute Gasteiger partial charge is 0.271 e. The van der Waals surface area contributed by atoms with Gasteiger partial charge < -0.3 is 14.4 Å². The monoisotopic (exact) mass is 447 g/mol. The highest BCUT2D eigenvalue weighted by Gasteiger charge is 2.09. The number of phenolic OH excluding ortho intramolecular Hbond substituents is 1. The second-order valence-corrected chi connectivity index (χ2v) is 7.80. The van der Waals surface area contributed by atoms with Crippen LogP contribution in [-0.4, -0.2) is 28.9 Å². The molecule has 0 fully saturated rings. The number of carbonyl (C=O) groups excluding carboxylic acids is 1. The molecule has 0 bridgehead atoms. The number of rotatable bonds is 6. The zero-order valence-electron chi connectivity index (χ0n) is 17.7. The number of carbonyl (C=O) groups is 1. The molecule has 0 unspecified atom stereocenters. The molecule has 0 aliphatic carbocycles. The number of aromatic nitrogens is 1. The minimum absolute atomic E-state index is 0.0762. The molecule has 2 N–H and O–H groups in total. The van der Waals surface area contributed by atoms with Crippen molar-refractivity contribution in [3.05, 3.63) is 94.1 Å². The van der Waals surface area contributed by atoms with Crippen LogP contribution in [0.5, 0.6) is 11.5 Å². The lowest BCUT2D eigenvalue weighted by Crippen LogP contribution is -2.17. The van der Waals surface area contributed by atoms with Crippen LogP contribution in [0.2, 0.25) is 5.02 Å². The molecular weight excluding hydrogens is 426 g/mol. The van der Waals surface area contributed by atoms with Gasteiger partial charge in [-0.15, -0.1) is 0 Å². The highest BCUT2D eigenvalue weighted by Crippen LogP contribution is 2.24. The van der Waals surface area contributed by atoms with Gasteiger partial charge in [-0.05, 0) is 54.4 Å². The van der Waals surface area contributed by atoms with Gasteiger partial charge in [0.2, 0.25) is 0 Å². The van der Waals surface area contributed by atoms with E-state index in [1.165, 1.54) is 23.8 Å². The molecule has 0 aliphatic rings. The van der Waals surface area contributed by atoms with Crippen LogP contribution >= 0.6 is 11.6 Å². The number of aromatic hydroxyl groups is 1. The molecule has 0 saturated carbocycles. The fourth-order valence-electron chi connectivity index (χ4n) is 3.61. The quantitative estimate of drug-likeness (QED) is 0.318. The van der Waals surface area contributed by atoms with E-state index in [2.05, 4.69) is 33.3 Å². The summed E-state index contributed by atoms with van der Waals surface area (Å²) in [5.74, 6) is 0.386. The van der Waals surface area contributed by atoms with Crippen LogP contribution in [0.4, 0.5) is 0 Å². The molecule has 4 aromatic rings. The summed E-state index contributed by atoms with van der Waals surface area (Å²) in [6, 6.07) is 18.4. The average molecular weight is 448 g/mol. The van der Waals surface area contributed by atoms with E-state index in [0.29, 0.717) is 5.56 Å². The third kappa shape index (κ3) is 4.45. The fraction of sp³-hybridized carbons (Fsp3) is 0.120. The van der Waals surface area contributed by atoms with Crippen LogP contribution in [-0.2, 0) is 6.54 Å². The number of hydrogen-bond donors (Lipinski definition) is 2. The zero-order valence-corrected chi connectivity index (χ0v) is 18.4. The van der Waals surface area contributed by atoms with Crippen molar-refractivity contribution in [3.8, 4) is 11.5 Å². The summed E-state index contributed by atoms with van der Waals surface area (Å²) in [5.41, 5.74) is 7.03. The SMILES string of the molecule is COc1ccc(Cn2ccc3c(/C=N/NC(=O)c4ccc(O)c(Cl)c4)cccc32)cc1C. The first-order valence-corrected chi connectivity index (χ1v) is 10.4. The van der Waals surface area contributed by atoms with E-state index >= 15 is 0 Å². The van der Waals surface area contributed by atoms with Gasteiger partial charge in [0.1, 0.15) is 11.5 Å². The van der Waals surface area contributed by atoms with Gasteiger partial charge in [0.05, 0.1) is 18.3 Å². The van der Waals surface area contributed by atoms with Crippen molar-refractivity contribution in [1.29, 1.82) is 0 Å². The van der Waals surface area contributed by atoms with Gasteiger partial charge in [0, 0.05) is 34.8 Å². The Kier molecular flexibility index (Phi) is 6.14. The molecule has 4 rings (SSSR count). The second kappa shape index (κ2) is 9.16. The summed E-state index contributed by atoms with van der Waals surface area (Å²) < 4.78 is 7.52. The Hall–Kier alpha value is -3.77. The van der Waals surface area contributed by atoms with Gasteiger partial charge in [-0.2, -0.15) is 5.10 Å². The number of fused-ring (bicyclic) bond motifs is 1. The molecular formula is C25H22ClN3O3. The number of ether oxygens (including phenoxy) is 1. The van der Waals surface area contributed by atoms with E-state index in [9.17, 15) is 9.90 Å². The Balaban J connectivity index is 1.52. The minimum Gasteiger partial charge on any atom is -0.506 e. The molecule has 0 spiro atoms. The minimum atomic E-state index is -0.414. The molecule has 0 atom stereocenters. The standard InChI is InChI=1S/C25H22ClN3O3/c1-16-12-17(6-9-24(16)32-2)15-29-11-10-20-19(4-3-5-22(20)29)14-27-28-25(31)18-7-8-23(30)21(26)13-18/h3-14,30H,15H2,1-2H3,(H,28,31)/b27-14+. The maximum atomic E-state index is 12.3. The number of halogens is 1. The van der Waals surface area contributed by atoms with Crippen molar-refractivity contribution >= 4 is 34.6 Å². The third-order valence-corrected chi connectivity index (χ3v) is 5.54. The van der Waals surface area contributed by atoms with Crippen LogP contribution in [0.25, 0.3) is 10.9 Å². The molecule has 0 radical (unpaired) electrons. The maximum absolute atomic E-state index is 12.3. The van der Waals surface area contributed by atoms with Crippen molar-refractivity contribution in [1.82, 2.24) is 9.99 Å². The van der Waals surface area contributed by atoms with Gasteiger partial charge in [-0.3, -0.25) is 4.79 Å². The average Bonchev–Trinajstić information content (AvgIpc) is 3.19. The van der Waals surface area contributed by atoms with Gasteiger partial charge in [0.25, 0.3) is 5.91 Å². The normalized spacial score (nSPS) is 11.2. The van der Waals surface area contributed by atoms with Gasteiger partial charge in [-0.25, -0.2) is 5.43 Å². The van der Waals surface area contributed by atoms with Crippen LogP contribution in [0.3, 0.4) is 0 Å². The molecule has 6 nitrogen and oxygen atoms in total. The Morgan fingerprint density at radius 1 is 1.19 bits per heavy atom. The van der Waals surface area contributed by atoms with Crippen molar-refractivity contribution < 1.29 is 14.6 Å². The highest BCUT2D eigenvalue weighted by atomic mass is 35.5. The lowest BCUT2D eigenvalue weighted by atomic mass is 10.1. The Morgan fingerprint density at radius 3 is 2.78 bits per heavy atom. The number of amides is 1. The number of benzene rings is 3. The van der Waals surface area contributed by atoms with Gasteiger partial charge in [-0.1, -0.05) is 35.9 Å². The number of hydrazone groups is 1. The number of aryl methyl sites for hydroxylation is 1. The van der Waals surface area contributed by atoms with E-state index in [1.807, 2.05) is 37.4 Å². The first-order valence-electron chi connectivity index (χ1n) is 9.99. The topological polar surface area (TPSA) is 75.8 Å². The van der Waals surface area contributed by atoms with Crippen LogP contribution in [0, 0.1) is 6.92 Å². The van der Waals surface area contributed by atoms with Crippen molar-refractivity contribution in [2.75, 3.05) is 7.11 Å². The van der Waals surface area contributed by atoms with Crippen LogP contribution in [0.15, 0.2) is 72.0 Å². The fourth-order valence-corrected chi connectivity index (χ4v) is 3.79. The molecule has 0 aliphatic heterocycles. The van der Waals surface area contributed by atoms with E-state index < -0.39 is 5.91 Å². The summed E-state index contributed by atoms with van der Waals surface area (Å²) in [4.78, 5) is 12.3. The van der Waals surface area contributed by atoms with E-state index in [-0.39, 0.29) is 10.8 Å². The summed E-state index contributed by atoms with van der Waals surface area (Å²) in [6.45, 7) is 2.76. The summed E-state index contributed by atoms with van der Waals surface area (Å²) >= 11 is 5.86. The summed E-state index contributed by atoms with van der Waals surface area (Å²) in [7, 11) is 1.67. The lowest BCUT2D eigenvalue weighted by Gasteiger charge is -2.10. The molecule has 7 heteroatoms. The molecule has 0 saturated heterocycles. The molecule has 32 heavy (non-hydrogen) atoms. The van der Waals surface area contributed by atoms with E-state index in [0.717, 1.165) is 34.3 Å². The number of nitrogens with zero attached hydrogens (tertiary/aromatic N) is 2. The Morgan fingerprint density at radius 2 is 2.03 bits per heavy atom. The second-order valence-electron chi connectivity index (χ2n) is 7.39. The number of methoxy groups -OCH3 is 1. The number of hydrogen-bond acceptors (Lipinski definition) is 4. The molecule has 162 valence electrons. The molecule has 1 heterocycles. The maximum Gasteiger partial charge on any atom is 0.271 e. The Labute approximate surface area is 190 Å². The zero-order chi connectivity index (χ0) is 22.7. The van der Waals surface area contributed by atoms with Gasteiger partial charge >= 0.3 is 0 Å². The van der Waals surface area contributed by atoms with Crippen molar-refractivity contribution in [2.45, 2.75) is 13.5 Å². The Bertz CT molecular complexity index is 1330. The highest BCUT2D eigenvalue weighted by molar-refractivity contribution is 6.32. The van der Waals surface area contributed by atoms with Crippen LogP contribution in [0.1, 0.15) is 27.0 Å².